The lowest BCUT2D eigenvalue weighted by Gasteiger charge is -2.14. The van der Waals surface area contributed by atoms with Crippen molar-refractivity contribution in [1.82, 2.24) is 19.3 Å². The van der Waals surface area contributed by atoms with E-state index in [0.717, 1.165) is 41.5 Å². The molecular formula is C25H27ClN5O2S+. The number of nitrogens with zero attached hydrogens (tertiary/aromatic N) is 4. The highest BCUT2D eigenvalue weighted by molar-refractivity contribution is 7.71. The summed E-state index contributed by atoms with van der Waals surface area (Å²) in [6, 6.07) is 17.5. The maximum Gasteiger partial charge on any atom is 0.207 e. The molecule has 0 saturated carbocycles. The molecule has 7 nitrogen and oxygen atoms in total. The molecule has 0 saturated heterocycles. The zero-order valence-electron chi connectivity index (χ0n) is 19.4. The minimum Gasteiger partial charge on any atom is -0.493 e. The van der Waals surface area contributed by atoms with Crippen molar-refractivity contribution >= 4 is 23.8 Å². The normalized spacial score (nSPS) is 11.9. The number of likely N-dealkylation sites (N-methyl/N-ethyl adjacent to an activating group) is 1. The first-order chi connectivity index (χ1) is 16.5. The number of ether oxygens (including phenoxy) is 2. The van der Waals surface area contributed by atoms with Gasteiger partial charge in [-0.3, -0.25) is 9.55 Å². The number of pyridine rings is 1. The molecule has 4 aromatic rings. The molecule has 0 radical (unpaired) electrons. The predicted octanol–water partition coefficient (Wildman–Crippen LogP) is 3.85. The standard InChI is InChI=1S/C25H26ClN5O2S/c1-29(15-12-18-4-9-22(32-2)23(16-18)33-3)17-30-25(34)31(21-7-5-20(26)6-8-21)24(28-30)19-10-13-27-14-11-19/h4-11,13-14,16H,12,15,17H2,1-3H3/p+1. The Bertz CT molecular complexity index is 1310. The van der Waals surface area contributed by atoms with Gasteiger partial charge in [0.05, 0.1) is 33.5 Å². The third-order valence-electron chi connectivity index (χ3n) is 5.57. The molecule has 0 fully saturated rings. The Balaban J connectivity index is 1.57. The number of hydrogen-bond acceptors (Lipinski definition) is 5. The molecule has 2 heterocycles. The molecule has 176 valence electrons. The molecule has 34 heavy (non-hydrogen) atoms. The van der Waals surface area contributed by atoms with E-state index < -0.39 is 0 Å². The van der Waals surface area contributed by atoms with Gasteiger partial charge < -0.3 is 14.4 Å². The highest BCUT2D eigenvalue weighted by atomic mass is 35.5. The third kappa shape index (κ3) is 5.30. The monoisotopic (exact) mass is 496 g/mol. The van der Waals surface area contributed by atoms with Crippen molar-refractivity contribution in [3.63, 3.8) is 0 Å². The number of nitrogens with one attached hydrogen (secondary N) is 1. The minimum atomic E-state index is 0.625. The molecular weight excluding hydrogens is 470 g/mol. The van der Waals surface area contributed by atoms with Gasteiger partial charge in [-0.15, -0.1) is 5.10 Å². The molecule has 1 N–H and O–H groups in total. The van der Waals surface area contributed by atoms with Crippen LogP contribution in [0.25, 0.3) is 17.1 Å². The molecule has 2 aromatic carbocycles. The molecule has 1 unspecified atom stereocenters. The van der Waals surface area contributed by atoms with Crippen molar-refractivity contribution in [1.29, 1.82) is 0 Å². The summed E-state index contributed by atoms with van der Waals surface area (Å²) < 4.78 is 15.2. The summed E-state index contributed by atoms with van der Waals surface area (Å²) >= 11 is 12.0. The largest absolute Gasteiger partial charge is 0.493 e. The van der Waals surface area contributed by atoms with Crippen LogP contribution in [0.5, 0.6) is 11.5 Å². The Kier molecular flexibility index (Phi) is 7.62. The van der Waals surface area contributed by atoms with E-state index in [0.29, 0.717) is 16.5 Å². The van der Waals surface area contributed by atoms with Crippen molar-refractivity contribution in [2.24, 2.45) is 0 Å². The number of aromatic nitrogens is 4. The summed E-state index contributed by atoms with van der Waals surface area (Å²) in [5.41, 5.74) is 3.04. The van der Waals surface area contributed by atoms with Gasteiger partial charge in [0, 0.05) is 29.4 Å². The summed E-state index contributed by atoms with van der Waals surface area (Å²) in [5.74, 6) is 2.24. The van der Waals surface area contributed by atoms with E-state index in [2.05, 4.69) is 18.1 Å². The predicted molar refractivity (Wildman–Crippen MR) is 136 cm³/mol. The maximum absolute atomic E-state index is 6.11. The number of methoxy groups -OCH3 is 2. The van der Waals surface area contributed by atoms with Gasteiger partial charge in [0.2, 0.25) is 4.77 Å². The molecule has 0 amide bonds. The van der Waals surface area contributed by atoms with Gasteiger partial charge >= 0.3 is 0 Å². The average Bonchev–Trinajstić information content (AvgIpc) is 3.19. The Morgan fingerprint density at radius 3 is 2.35 bits per heavy atom. The van der Waals surface area contributed by atoms with Crippen molar-refractivity contribution in [2.75, 3.05) is 27.8 Å². The molecule has 0 aliphatic carbocycles. The van der Waals surface area contributed by atoms with Gasteiger partial charge in [-0.2, -0.15) is 4.68 Å². The van der Waals surface area contributed by atoms with E-state index in [1.165, 1.54) is 10.5 Å². The number of hydrogen-bond donors (Lipinski definition) is 1. The van der Waals surface area contributed by atoms with Crippen LogP contribution in [0.1, 0.15) is 5.56 Å². The lowest BCUT2D eigenvalue weighted by Crippen LogP contribution is -3.08. The summed E-state index contributed by atoms with van der Waals surface area (Å²) in [6.07, 6.45) is 4.39. The lowest BCUT2D eigenvalue weighted by atomic mass is 10.1. The maximum atomic E-state index is 6.11. The molecule has 0 aliphatic rings. The zero-order valence-corrected chi connectivity index (χ0v) is 20.9. The Hall–Kier alpha value is -3.20. The van der Waals surface area contributed by atoms with Crippen molar-refractivity contribution in [3.05, 3.63) is 82.3 Å². The molecule has 9 heteroatoms. The summed E-state index contributed by atoms with van der Waals surface area (Å²) in [7, 11) is 5.43. The van der Waals surface area contributed by atoms with Crippen LogP contribution in [0.3, 0.4) is 0 Å². The van der Waals surface area contributed by atoms with Gasteiger partial charge in [-0.25, -0.2) is 0 Å². The second kappa shape index (κ2) is 10.8. The van der Waals surface area contributed by atoms with Crippen LogP contribution in [0.4, 0.5) is 0 Å². The smallest absolute Gasteiger partial charge is 0.207 e. The van der Waals surface area contributed by atoms with Gasteiger partial charge in [-0.1, -0.05) is 17.7 Å². The highest BCUT2D eigenvalue weighted by Crippen LogP contribution is 2.27. The van der Waals surface area contributed by atoms with Crippen LogP contribution < -0.4 is 14.4 Å². The lowest BCUT2D eigenvalue weighted by molar-refractivity contribution is -0.903. The number of benzene rings is 2. The highest BCUT2D eigenvalue weighted by Gasteiger charge is 2.17. The third-order valence-corrected chi connectivity index (χ3v) is 6.22. The average molecular weight is 497 g/mol. The topological polar surface area (TPSA) is 58.5 Å². The summed E-state index contributed by atoms with van der Waals surface area (Å²) in [5, 5.41) is 5.55. The van der Waals surface area contributed by atoms with Gasteiger partial charge in [-0.05, 0) is 66.3 Å². The molecule has 2 aromatic heterocycles. The van der Waals surface area contributed by atoms with Crippen LogP contribution in [0.2, 0.25) is 5.02 Å². The first-order valence-electron chi connectivity index (χ1n) is 10.9. The molecule has 0 bridgehead atoms. The van der Waals surface area contributed by atoms with Crippen LogP contribution in [-0.2, 0) is 13.1 Å². The van der Waals surface area contributed by atoms with Crippen LogP contribution >= 0.6 is 23.8 Å². The van der Waals surface area contributed by atoms with E-state index in [4.69, 9.17) is 38.4 Å². The SMILES string of the molecule is COc1ccc(CC[NH+](C)Cn2nc(-c3ccncc3)n(-c3ccc(Cl)cc3)c2=S)cc1OC. The fourth-order valence-corrected chi connectivity index (χ4v) is 4.17. The van der Waals surface area contributed by atoms with Gasteiger partial charge in [0.15, 0.2) is 24.0 Å². The number of quaternary nitrogens is 1. The van der Waals surface area contributed by atoms with Crippen molar-refractivity contribution in [2.45, 2.75) is 13.1 Å². The van der Waals surface area contributed by atoms with Gasteiger partial charge in [0.1, 0.15) is 0 Å². The van der Waals surface area contributed by atoms with E-state index in [1.54, 1.807) is 26.6 Å². The zero-order chi connectivity index (χ0) is 24.1. The fraction of sp³-hybridized carbons (Fsp3) is 0.240. The summed E-state index contributed by atoms with van der Waals surface area (Å²) in [4.78, 5) is 5.40. The van der Waals surface area contributed by atoms with Crippen LogP contribution in [0, 0.1) is 4.77 Å². The Morgan fingerprint density at radius 1 is 0.971 bits per heavy atom. The van der Waals surface area contributed by atoms with Crippen LogP contribution in [-0.4, -0.2) is 47.1 Å². The number of halogens is 1. The Morgan fingerprint density at radius 2 is 1.68 bits per heavy atom. The quantitative estimate of drug-likeness (QED) is 0.357. The second-order valence-corrected chi connectivity index (χ2v) is 8.76. The van der Waals surface area contributed by atoms with E-state index in [-0.39, 0.29) is 0 Å². The first-order valence-corrected chi connectivity index (χ1v) is 11.7. The van der Waals surface area contributed by atoms with Crippen molar-refractivity contribution in [3.8, 4) is 28.6 Å². The molecule has 0 spiro atoms. The van der Waals surface area contributed by atoms with Crippen LogP contribution in [0.15, 0.2) is 67.0 Å². The second-order valence-electron chi connectivity index (χ2n) is 7.96. The van der Waals surface area contributed by atoms with E-state index in [1.807, 2.05) is 57.8 Å². The molecule has 4 rings (SSSR count). The number of rotatable bonds is 9. The van der Waals surface area contributed by atoms with E-state index in [9.17, 15) is 0 Å². The first kappa shape index (κ1) is 23.9. The molecule has 1 atom stereocenters. The summed E-state index contributed by atoms with van der Waals surface area (Å²) in [6.45, 7) is 1.53. The van der Waals surface area contributed by atoms with E-state index >= 15 is 0 Å². The van der Waals surface area contributed by atoms with Crippen molar-refractivity contribution < 1.29 is 14.4 Å². The molecule has 0 aliphatic heterocycles. The minimum absolute atomic E-state index is 0.625. The fourth-order valence-electron chi connectivity index (χ4n) is 3.75. The van der Waals surface area contributed by atoms with Gasteiger partial charge in [0.25, 0.3) is 0 Å². The Labute approximate surface area is 209 Å².